The zero-order valence-corrected chi connectivity index (χ0v) is 21.5. The molecule has 7 nitrogen and oxygen atoms in total. The standard InChI is InChI=1S/C25H33N3O4S2/c1-20-7-6-12-28(18-20)34(30,31)22-10-11-24(32-2)23(17-22)26-13-15-27(16-14-26)25(29)19-33-21-8-4-3-5-9-21/h3-5,8-11,17,20H,6-7,12-16,18-19H2,1-2H3/t20-/m0/s1. The van der Waals surface area contributed by atoms with Crippen LogP contribution in [0.4, 0.5) is 5.69 Å². The summed E-state index contributed by atoms with van der Waals surface area (Å²) in [4.78, 5) is 18.1. The molecule has 1 amide bonds. The molecule has 2 aromatic rings. The minimum Gasteiger partial charge on any atom is -0.495 e. The summed E-state index contributed by atoms with van der Waals surface area (Å²) in [7, 11) is -1.96. The summed E-state index contributed by atoms with van der Waals surface area (Å²) in [6.45, 7) is 5.67. The maximum Gasteiger partial charge on any atom is 0.243 e. The molecule has 2 aliphatic heterocycles. The maximum atomic E-state index is 13.3. The number of methoxy groups -OCH3 is 1. The highest BCUT2D eigenvalue weighted by molar-refractivity contribution is 8.00. The minimum atomic E-state index is -3.56. The van der Waals surface area contributed by atoms with Crippen LogP contribution in [0.15, 0.2) is 58.3 Å². The number of benzene rings is 2. The second-order valence-corrected chi connectivity index (χ2v) is 11.9. The van der Waals surface area contributed by atoms with E-state index in [0.29, 0.717) is 61.6 Å². The summed E-state index contributed by atoms with van der Waals surface area (Å²) in [5.74, 6) is 1.54. The molecular weight excluding hydrogens is 470 g/mol. The highest BCUT2D eigenvalue weighted by Crippen LogP contribution is 2.34. The van der Waals surface area contributed by atoms with Gasteiger partial charge in [-0.25, -0.2) is 8.42 Å². The number of thioether (sulfide) groups is 1. The fourth-order valence-corrected chi connectivity index (χ4v) is 6.98. The Hall–Kier alpha value is -2.23. The van der Waals surface area contributed by atoms with Gasteiger partial charge in [0.15, 0.2) is 0 Å². The molecular formula is C25H33N3O4S2. The van der Waals surface area contributed by atoms with Gasteiger partial charge in [-0.3, -0.25) is 4.79 Å². The van der Waals surface area contributed by atoms with Crippen LogP contribution in [0, 0.1) is 5.92 Å². The van der Waals surface area contributed by atoms with Crippen molar-refractivity contribution < 1.29 is 17.9 Å². The van der Waals surface area contributed by atoms with Crippen molar-refractivity contribution in [1.29, 1.82) is 0 Å². The number of piperazine rings is 1. The van der Waals surface area contributed by atoms with Gasteiger partial charge < -0.3 is 14.5 Å². The Labute approximate surface area is 207 Å². The van der Waals surface area contributed by atoms with Crippen LogP contribution in [0.3, 0.4) is 0 Å². The first-order valence-corrected chi connectivity index (χ1v) is 14.2. The molecule has 2 aromatic carbocycles. The molecule has 2 aliphatic rings. The van der Waals surface area contributed by atoms with Crippen molar-refractivity contribution in [3.63, 3.8) is 0 Å². The Morgan fingerprint density at radius 2 is 1.79 bits per heavy atom. The SMILES string of the molecule is COc1ccc(S(=O)(=O)N2CCC[C@H](C)C2)cc1N1CCN(C(=O)CSc2ccccc2)CC1. The highest BCUT2D eigenvalue weighted by atomic mass is 32.2. The summed E-state index contributed by atoms with van der Waals surface area (Å²) in [6.07, 6.45) is 1.95. The zero-order valence-electron chi connectivity index (χ0n) is 19.9. The van der Waals surface area contributed by atoms with Crippen molar-refractivity contribution >= 4 is 33.4 Å². The van der Waals surface area contributed by atoms with E-state index in [0.717, 1.165) is 23.4 Å². The van der Waals surface area contributed by atoms with Gasteiger partial charge in [-0.1, -0.05) is 25.1 Å². The molecule has 2 saturated heterocycles. The topological polar surface area (TPSA) is 70.2 Å². The molecule has 0 aromatic heterocycles. The monoisotopic (exact) mass is 503 g/mol. The van der Waals surface area contributed by atoms with Crippen LogP contribution < -0.4 is 9.64 Å². The normalized spacial score (nSPS) is 19.8. The molecule has 184 valence electrons. The lowest BCUT2D eigenvalue weighted by Crippen LogP contribution is -2.49. The molecule has 0 radical (unpaired) electrons. The molecule has 2 fully saturated rings. The van der Waals surface area contributed by atoms with Gasteiger partial charge >= 0.3 is 0 Å². The molecule has 0 N–H and O–H groups in total. The Morgan fingerprint density at radius 3 is 2.47 bits per heavy atom. The molecule has 0 bridgehead atoms. The maximum absolute atomic E-state index is 13.3. The van der Waals surface area contributed by atoms with Crippen LogP contribution in [0.25, 0.3) is 0 Å². The fraction of sp³-hybridized carbons (Fsp3) is 0.480. The molecule has 34 heavy (non-hydrogen) atoms. The number of ether oxygens (including phenoxy) is 1. The second-order valence-electron chi connectivity index (χ2n) is 8.91. The van der Waals surface area contributed by atoms with E-state index in [9.17, 15) is 13.2 Å². The largest absolute Gasteiger partial charge is 0.495 e. The first-order valence-electron chi connectivity index (χ1n) is 11.8. The van der Waals surface area contributed by atoms with Crippen LogP contribution in [-0.2, 0) is 14.8 Å². The number of anilines is 1. The smallest absolute Gasteiger partial charge is 0.243 e. The predicted molar refractivity (Wildman–Crippen MR) is 136 cm³/mol. The van der Waals surface area contributed by atoms with Gasteiger partial charge in [0.2, 0.25) is 15.9 Å². The number of carbonyl (C=O) groups is 1. The molecule has 4 rings (SSSR count). The molecule has 0 saturated carbocycles. The number of rotatable bonds is 7. The van der Waals surface area contributed by atoms with Crippen molar-refractivity contribution in [2.24, 2.45) is 5.92 Å². The lowest BCUT2D eigenvalue weighted by atomic mass is 10.0. The average Bonchev–Trinajstić information content (AvgIpc) is 2.87. The van der Waals surface area contributed by atoms with Crippen LogP contribution in [0.1, 0.15) is 19.8 Å². The zero-order chi connectivity index (χ0) is 24.1. The number of sulfonamides is 1. The van der Waals surface area contributed by atoms with Crippen LogP contribution >= 0.6 is 11.8 Å². The van der Waals surface area contributed by atoms with Crippen molar-refractivity contribution in [3.8, 4) is 5.75 Å². The molecule has 0 spiro atoms. The summed E-state index contributed by atoms with van der Waals surface area (Å²) in [5, 5.41) is 0. The Morgan fingerprint density at radius 1 is 1.06 bits per heavy atom. The van der Waals surface area contributed by atoms with E-state index in [1.165, 1.54) is 0 Å². The third kappa shape index (κ3) is 5.70. The highest BCUT2D eigenvalue weighted by Gasteiger charge is 2.30. The first kappa shape index (κ1) is 24.9. The van der Waals surface area contributed by atoms with Crippen molar-refractivity contribution in [2.75, 3.05) is 57.0 Å². The van der Waals surface area contributed by atoms with Gasteiger partial charge in [0.1, 0.15) is 5.75 Å². The van der Waals surface area contributed by atoms with Gasteiger partial charge in [0.25, 0.3) is 0 Å². The summed E-state index contributed by atoms with van der Waals surface area (Å²) < 4.78 is 33.8. The predicted octanol–water partition coefficient (Wildman–Crippen LogP) is 3.56. The number of nitrogens with zero attached hydrogens (tertiary/aromatic N) is 3. The van der Waals surface area contributed by atoms with E-state index in [2.05, 4.69) is 11.8 Å². The molecule has 0 unspecified atom stereocenters. The van der Waals surface area contributed by atoms with Gasteiger partial charge in [-0.15, -0.1) is 11.8 Å². The fourth-order valence-electron chi connectivity index (χ4n) is 4.54. The molecule has 2 heterocycles. The van der Waals surface area contributed by atoms with Crippen LogP contribution in [0.5, 0.6) is 5.75 Å². The van der Waals surface area contributed by atoms with E-state index in [-0.39, 0.29) is 5.91 Å². The van der Waals surface area contributed by atoms with Crippen molar-refractivity contribution in [1.82, 2.24) is 9.21 Å². The van der Waals surface area contributed by atoms with Crippen LogP contribution in [-0.4, -0.2) is 75.7 Å². The van der Waals surface area contributed by atoms with Crippen LogP contribution in [0.2, 0.25) is 0 Å². The number of carbonyl (C=O) groups excluding carboxylic acids is 1. The van der Waals surface area contributed by atoms with Gasteiger partial charge in [0.05, 0.1) is 23.4 Å². The number of hydrogen-bond acceptors (Lipinski definition) is 6. The molecule has 0 aliphatic carbocycles. The van der Waals surface area contributed by atoms with Gasteiger partial charge in [-0.2, -0.15) is 4.31 Å². The molecule has 9 heteroatoms. The van der Waals surface area contributed by atoms with Gasteiger partial charge in [0, 0.05) is 44.2 Å². The summed E-state index contributed by atoms with van der Waals surface area (Å²) in [6, 6.07) is 15.0. The first-order chi connectivity index (χ1) is 16.4. The third-order valence-corrected chi connectivity index (χ3v) is 9.34. The summed E-state index contributed by atoms with van der Waals surface area (Å²) in [5.41, 5.74) is 0.763. The number of piperidine rings is 1. The quantitative estimate of drug-likeness (QED) is 0.538. The lowest BCUT2D eigenvalue weighted by Gasteiger charge is -2.37. The average molecular weight is 504 g/mol. The summed E-state index contributed by atoms with van der Waals surface area (Å²) >= 11 is 1.55. The van der Waals surface area contributed by atoms with E-state index >= 15 is 0 Å². The third-order valence-electron chi connectivity index (χ3n) is 6.49. The van der Waals surface area contributed by atoms with Crippen molar-refractivity contribution in [2.45, 2.75) is 29.6 Å². The molecule has 1 atom stereocenters. The Balaban J connectivity index is 1.42. The Bertz CT molecular complexity index is 1090. The minimum absolute atomic E-state index is 0.121. The lowest BCUT2D eigenvalue weighted by molar-refractivity contribution is -0.128. The second kappa shape index (κ2) is 11.0. The van der Waals surface area contributed by atoms with Gasteiger partial charge in [-0.05, 0) is 49.1 Å². The number of amides is 1. The van der Waals surface area contributed by atoms with Crippen molar-refractivity contribution in [3.05, 3.63) is 48.5 Å². The van der Waals surface area contributed by atoms with E-state index in [1.54, 1.807) is 41.4 Å². The van der Waals surface area contributed by atoms with E-state index < -0.39 is 10.0 Å². The Kier molecular flexibility index (Phi) is 8.06. The van der Waals surface area contributed by atoms with E-state index in [1.807, 2.05) is 35.2 Å². The van der Waals surface area contributed by atoms with E-state index in [4.69, 9.17) is 4.74 Å². The number of hydrogen-bond donors (Lipinski definition) is 0.